The lowest BCUT2D eigenvalue weighted by Gasteiger charge is -1.95. The van der Waals surface area contributed by atoms with E-state index >= 15 is 0 Å². The van der Waals surface area contributed by atoms with Crippen LogP contribution in [0.4, 0.5) is 0 Å². The quantitative estimate of drug-likeness (QED) is 0.651. The van der Waals surface area contributed by atoms with Gasteiger partial charge < -0.3 is 5.32 Å². The first-order valence-corrected chi connectivity index (χ1v) is 5.39. The monoisotopic (exact) mass is 170 g/mol. The van der Waals surface area contributed by atoms with Gasteiger partial charge in [0.05, 0.1) is 5.03 Å². The highest BCUT2D eigenvalue weighted by Gasteiger charge is 2.03. The van der Waals surface area contributed by atoms with E-state index in [-0.39, 0.29) is 0 Å². The molecule has 1 aliphatic rings. The van der Waals surface area contributed by atoms with Crippen molar-refractivity contribution in [3.8, 4) is 0 Å². The van der Waals surface area contributed by atoms with E-state index in [1.54, 1.807) is 0 Å². The second kappa shape index (κ2) is 5.53. The number of unbranched alkanes of at least 4 members (excludes halogenated alkanes) is 3. The second-order valence-corrected chi connectivity index (χ2v) is 3.84. The summed E-state index contributed by atoms with van der Waals surface area (Å²) < 4.78 is 0. The molecular formula is C9H16NS. The summed E-state index contributed by atoms with van der Waals surface area (Å²) in [6.07, 6.45) is 8.45. The lowest BCUT2D eigenvalue weighted by atomic mass is 10.2. The van der Waals surface area contributed by atoms with Crippen molar-refractivity contribution in [2.24, 2.45) is 0 Å². The Morgan fingerprint density at radius 3 is 3.09 bits per heavy atom. The van der Waals surface area contributed by atoms with E-state index < -0.39 is 0 Å². The van der Waals surface area contributed by atoms with Crippen molar-refractivity contribution in [2.75, 3.05) is 12.3 Å². The van der Waals surface area contributed by atoms with Gasteiger partial charge in [-0.05, 0) is 18.9 Å². The lowest BCUT2D eigenvalue weighted by Crippen LogP contribution is -2.04. The molecule has 2 heteroatoms. The Hall–Kier alpha value is -0.110. The zero-order valence-electron chi connectivity index (χ0n) is 7.15. The van der Waals surface area contributed by atoms with Crippen LogP contribution >= 0.6 is 11.8 Å². The molecule has 1 nitrogen and oxygen atoms in total. The fourth-order valence-electron chi connectivity index (χ4n) is 1.06. The van der Waals surface area contributed by atoms with Crippen molar-refractivity contribution in [3.05, 3.63) is 11.1 Å². The van der Waals surface area contributed by atoms with Crippen LogP contribution in [0.25, 0.3) is 0 Å². The van der Waals surface area contributed by atoms with Crippen LogP contribution in [0, 0.1) is 6.08 Å². The summed E-state index contributed by atoms with van der Waals surface area (Å²) in [6.45, 7) is 3.36. The Labute approximate surface area is 73.6 Å². The third-order valence-electron chi connectivity index (χ3n) is 1.70. The van der Waals surface area contributed by atoms with Crippen molar-refractivity contribution >= 4 is 11.8 Å². The van der Waals surface area contributed by atoms with Gasteiger partial charge >= 0.3 is 0 Å². The molecule has 0 amide bonds. The Kier molecular flexibility index (Phi) is 4.51. The summed E-state index contributed by atoms with van der Waals surface area (Å²) in [5.74, 6) is 1.22. The second-order valence-electron chi connectivity index (χ2n) is 2.74. The predicted octanol–water partition coefficient (Wildman–Crippen LogP) is 2.55. The maximum atomic E-state index is 3.38. The Morgan fingerprint density at radius 2 is 2.45 bits per heavy atom. The van der Waals surface area contributed by atoms with Crippen molar-refractivity contribution < 1.29 is 0 Å². The minimum Gasteiger partial charge on any atom is -0.379 e. The van der Waals surface area contributed by atoms with Gasteiger partial charge in [-0.3, -0.25) is 0 Å². The van der Waals surface area contributed by atoms with E-state index in [1.165, 1.54) is 30.0 Å². The highest BCUT2D eigenvalue weighted by molar-refractivity contribution is 8.03. The number of allylic oxidation sites excluding steroid dienone is 1. The summed E-state index contributed by atoms with van der Waals surface area (Å²) in [5, 5.41) is 4.58. The molecule has 1 N–H and O–H groups in total. The van der Waals surface area contributed by atoms with Crippen LogP contribution in [0.1, 0.15) is 32.6 Å². The van der Waals surface area contributed by atoms with Gasteiger partial charge in [0, 0.05) is 12.3 Å². The van der Waals surface area contributed by atoms with Crippen LogP contribution in [0.3, 0.4) is 0 Å². The van der Waals surface area contributed by atoms with Gasteiger partial charge in [0.1, 0.15) is 0 Å². The SMILES string of the molecule is CCCCC/[C]=C1\NCCS1. The fraction of sp³-hybridized carbons (Fsp3) is 0.778. The number of rotatable bonds is 4. The van der Waals surface area contributed by atoms with E-state index in [4.69, 9.17) is 0 Å². The zero-order chi connectivity index (χ0) is 7.94. The van der Waals surface area contributed by atoms with E-state index in [9.17, 15) is 0 Å². The third-order valence-corrected chi connectivity index (χ3v) is 2.69. The minimum atomic E-state index is 1.13. The van der Waals surface area contributed by atoms with Crippen LogP contribution in [-0.2, 0) is 0 Å². The standard InChI is InChI=1S/C9H16NS/c1-2-3-4-5-6-9-10-7-8-11-9/h10H,2-5,7-8H2,1H3. The molecule has 1 saturated heterocycles. The average molecular weight is 170 g/mol. The van der Waals surface area contributed by atoms with E-state index in [0.717, 1.165) is 13.0 Å². The van der Waals surface area contributed by atoms with Crippen molar-refractivity contribution in [3.63, 3.8) is 0 Å². The molecule has 0 aliphatic carbocycles. The van der Waals surface area contributed by atoms with Crippen molar-refractivity contribution in [1.29, 1.82) is 0 Å². The summed E-state index contributed by atoms with van der Waals surface area (Å²) in [7, 11) is 0. The molecule has 0 unspecified atom stereocenters. The van der Waals surface area contributed by atoms with Crippen LogP contribution in [0.15, 0.2) is 5.03 Å². The molecular weight excluding hydrogens is 154 g/mol. The van der Waals surface area contributed by atoms with E-state index in [1.807, 2.05) is 11.8 Å². The topological polar surface area (TPSA) is 12.0 Å². The molecule has 1 radical (unpaired) electrons. The highest BCUT2D eigenvalue weighted by Crippen LogP contribution is 2.17. The maximum Gasteiger partial charge on any atom is 0.0718 e. The molecule has 0 atom stereocenters. The summed E-state index contributed by atoms with van der Waals surface area (Å²) in [6, 6.07) is 0. The first-order chi connectivity index (χ1) is 5.43. The molecule has 0 saturated carbocycles. The zero-order valence-corrected chi connectivity index (χ0v) is 7.97. The van der Waals surface area contributed by atoms with Gasteiger partial charge in [-0.15, -0.1) is 11.8 Å². The molecule has 1 rings (SSSR count). The van der Waals surface area contributed by atoms with E-state index in [0.29, 0.717) is 0 Å². The highest BCUT2D eigenvalue weighted by atomic mass is 32.2. The first kappa shape index (κ1) is 8.98. The summed E-state index contributed by atoms with van der Waals surface area (Å²) >= 11 is 1.89. The number of hydrogen-bond acceptors (Lipinski definition) is 2. The molecule has 0 aromatic heterocycles. The van der Waals surface area contributed by atoms with Gasteiger partial charge in [0.2, 0.25) is 0 Å². The molecule has 0 bridgehead atoms. The molecule has 1 aliphatic heterocycles. The Balaban J connectivity index is 2.03. The van der Waals surface area contributed by atoms with Crippen molar-refractivity contribution in [1.82, 2.24) is 5.32 Å². The lowest BCUT2D eigenvalue weighted by molar-refractivity contribution is 0.719. The third kappa shape index (κ3) is 3.71. The molecule has 0 spiro atoms. The van der Waals surface area contributed by atoms with Gasteiger partial charge in [0.25, 0.3) is 0 Å². The number of thioether (sulfide) groups is 1. The molecule has 0 aromatic carbocycles. The molecule has 0 aromatic rings. The normalized spacial score (nSPS) is 20.6. The first-order valence-electron chi connectivity index (χ1n) is 4.41. The molecule has 1 heterocycles. The number of nitrogens with one attached hydrogen (secondary N) is 1. The van der Waals surface area contributed by atoms with Crippen molar-refractivity contribution in [2.45, 2.75) is 32.6 Å². The molecule has 1 fully saturated rings. The van der Waals surface area contributed by atoms with Crippen LogP contribution < -0.4 is 5.32 Å². The summed E-state index contributed by atoms with van der Waals surface area (Å²) in [4.78, 5) is 0. The van der Waals surface area contributed by atoms with Crippen LogP contribution in [0.5, 0.6) is 0 Å². The van der Waals surface area contributed by atoms with Gasteiger partial charge in [-0.2, -0.15) is 0 Å². The van der Waals surface area contributed by atoms with Crippen LogP contribution in [-0.4, -0.2) is 12.3 Å². The van der Waals surface area contributed by atoms with Gasteiger partial charge in [0.15, 0.2) is 0 Å². The largest absolute Gasteiger partial charge is 0.379 e. The van der Waals surface area contributed by atoms with E-state index in [2.05, 4.69) is 18.3 Å². The smallest absolute Gasteiger partial charge is 0.0718 e. The molecule has 11 heavy (non-hydrogen) atoms. The molecule has 63 valence electrons. The minimum absolute atomic E-state index is 1.13. The Morgan fingerprint density at radius 1 is 1.55 bits per heavy atom. The fourth-order valence-corrected chi connectivity index (χ4v) is 1.88. The maximum absolute atomic E-state index is 3.38. The average Bonchev–Trinajstić information content (AvgIpc) is 2.50. The summed E-state index contributed by atoms with van der Waals surface area (Å²) in [5.41, 5.74) is 0. The Bertz CT molecular complexity index is 124. The van der Waals surface area contributed by atoms with Gasteiger partial charge in [-0.25, -0.2) is 0 Å². The number of hydrogen-bond donors (Lipinski definition) is 1. The van der Waals surface area contributed by atoms with Crippen LogP contribution in [0.2, 0.25) is 0 Å². The van der Waals surface area contributed by atoms with Gasteiger partial charge in [-0.1, -0.05) is 19.8 Å². The predicted molar refractivity (Wildman–Crippen MR) is 51.4 cm³/mol.